The highest BCUT2D eigenvalue weighted by molar-refractivity contribution is 5.68. The van der Waals surface area contributed by atoms with Crippen molar-refractivity contribution in [3.8, 4) is 0 Å². The zero-order valence-electron chi connectivity index (χ0n) is 14.6. The standard InChI is InChI=1S/C17H28N4O2/c1-15(2,3)23-14(22)21-16(4)6-8-17(9-7-16)13-12(5-10-20-17)18-11-19-13/h11,20H,5-10H2,1-4H3,(H,18,19)(H,21,22). The highest BCUT2D eigenvalue weighted by atomic mass is 16.6. The van der Waals surface area contributed by atoms with Crippen LogP contribution in [0.5, 0.6) is 0 Å². The first-order valence-corrected chi connectivity index (χ1v) is 8.50. The second-order valence-electron chi connectivity index (χ2n) is 8.18. The van der Waals surface area contributed by atoms with E-state index in [9.17, 15) is 4.79 Å². The molecule has 0 unspecified atom stereocenters. The zero-order valence-corrected chi connectivity index (χ0v) is 14.6. The Hall–Kier alpha value is -1.56. The fourth-order valence-corrected chi connectivity index (χ4v) is 3.75. The second-order valence-corrected chi connectivity index (χ2v) is 8.18. The maximum Gasteiger partial charge on any atom is 0.408 e. The number of rotatable bonds is 1. The fraction of sp³-hybridized carbons (Fsp3) is 0.765. The molecule has 0 radical (unpaired) electrons. The molecule has 1 saturated carbocycles. The minimum atomic E-state index is -0.467. The molecule has 1 aromatic heterocycles. The molecule has 2 heterocycles. The quantitative estimate of drug-likeness (QED) is 0.743. The van der Waals surface area contributed by atoms with Crippen molar-refractivity contribution in [2.24, 2.45) is 0 Å². The number of aromatic nitrogens is 2. The van der Waals surface area contributed by atoms with Crippen LogP contribution in [0.3, 0.4) is 0 Å². The Morgan fingerprint density at radius 3 is 2.65 bits per heavy atom. The third kappa shape index (κ3) is 3.37. The van der Waals surface area contributed by atoms with Gasteiger partial charge >= 0.3 is 6.09 Å². The van der Waals surface area contributed by atoms with Gasteiger partial charge in [-0.25, -0.2) is 9.78 Å². The van der Waals surface area contributed by atoms with Gasteiger partial charge in [-0.05, 0) is 53.4 Å². The maximum atomic E-state index is 12.1. The molecule has 0 saturated heterocycles. The number of alkyl carbamates (subject to hydrolysis) is 1. The van der Waals surface area contributed by atoms with Crippen LogP contribution in [-0.4, -0.2) is 33.7 Å². The van der Waals surface area contributed by atoms with Gasteiger partial charge in [0.15, 0.2) is 0 Å². The van der Waals surface area contributed by atoms with Crippen molar-refractivity contribution in [1.82, 2.24) is 20.6 Å². The number of nitrogens with zero attached hydrogens (tertiary/aromatic N) is 1. The highest BCUT2D eigenvalue weighted by Gasteiger charge is 2.45. The van der Waals surface area contributed by atoms with Gasteiger partial charge in [0.05, 0.1) is 17.6 Å². The summed E-state index contributed by atoms with van der Waals surface area (Å²) in [5.41, 5.74) is 1.70. The molecule has 6 nitrogen and oxygen atoms in total. The van der Waals surface area contributed by atoms with Crippen molar-refractivity contribution < 1.29 is 9.53 Å². The number of fused-ring (bicyclic) bond motifs is 2. The van der Waals surface area contributed by atoms with Crippen molar-refractivity contribution in [2.45, 2.75) is 76.5 Å². The fourth-order valence-electron chi connectivity index (χ4n) is 3.75. The van der Waals surface area contributed by atoms with Gasteiger partial charge in [-0.3, -0.25) is 0 Å². The SMILES string of the molecule is CC1(NC(=O)OC(C)(C)C)CCC2(CC1)NCCc1[nH]cnc12. The van der Waals surface area contributed by atoms with E-state index >= 15 is 0 Å². The number of nitrogens with one attached hydrogen (secondary N) is 3. The molecule has 1 spiro atoms. The van der Waals surface area contributed by atoms with Crippen molar-refractivity contribution in [3.05, 3.63) is 17.7 Å². The van der Waals surface area contributed by atoms with E-state index in [1.54, 1.807) is 6.33 Å². The van der Waals surface area contributed by atoms with Gasteiger partial charge in [0.25, 0.3) is 0 Å². The molecule has 0 bridgehead atoms. The predicted molar refractivity (Wildman–Crippen MR) is 88.2 cm³/mol. The molecule has 1 aliphatic heterocycles. The van der Waals surface area contributed by atoms with E-state index < -0.39 is 5.60 Å². The average Bonchev–Trinajstić information content (AvgIpc) is 2.90. The van der Waals surface area contributed by atoms with Gasteiger partial charge in [-0.15, -0.1) is 0 Å². The molecule has 0 atom stereocenters. The third-order valence-electron chi connectivity index (χ3n) is 5.02. The number of amides is 1. The predicted octanol–water partition coefficient (Wildman–Crippen LogP) is 2.61. The Morgan fingerprint density at radius 1 is 1.30 bits per heavy atom. The number of hydrogen-bond donors (Lipinski definition) is 3. The topological polar surface area (TPSA) is 79.0 Å². The van der Waals surface area contributed by atoms with Crippen LogP contribution in [-0.2, 0) is 16.7 Å². The zero-order chi connectivity index (χ0) is 16.7. The number of H-pyrrole nitrogens is 1. The van der Waals surface area contributed by atoms with E-state index in [4.69, 9.17) is 4.74 Å². The Kier molecular flexibility index (Phi) is 3.91. The van der Waals surface area contributed by atoms with Crippen LogP contribution >= 0.6 is 0 Å². The van der Waals surface area contributed by atoms with E-state index in [0.717, 1.165) is 38.6 Å². The van der Waals surface area contributed by atoms with Gasteiger partial charge in [0.1, 0.15) is 5.60 Å². The summed E-state index contributed by atoms with van der Waals surface area (Å²) in [6, 6.07) is 0. The monoisotopic (exact) mass is 320 g/mol. The maximum absolute atomic E-state index is 12.1. The summed E-state index contributed by atoms with van der Waals surface area (Å²) in [7, 11) is 0. The Morgan fingerprint density at radius 2 is 2.00 bits per heavy atom. The number of hydrogen-bond acceptors (Lipinski definition) is 4. The number of carbonyl (C=O) groups is 1. The normalized spacial score (nSPS) is 30.8. The molecule has 1 fully saturated rings. The Labute approximate surface area is 137 Å². The van der Waals surface area contributed by atoms with Crippen LogP contribution < -0.4 is 10.6 Å². The van der Waals surface area contributed by atoms with E-state index in [2.05, 4.69) is 27.5 Å². The van der Waals surface area contributed by atoms with Gasteiger partial charge < -0.3 is 20.4 Å². The van der Waals surface area contributed by atoms with Gasteiger partial charge in [0.2, 0.25) is 0 Å². The third-order valence-corrected chi connectivity index (χ3v) is 5.02. The Bertz CT molecular complexity index is 580. The first kappa shape index (κ1) is 16.3. The lowest BCUT2D eigenvalue weighted by atomic mass is 9.70. The molecule has 3 rings (SSSR count). The van der Waals surface area contributed by atoms with Crippen LogP contribution in [0.15, 0.2) is 6.33 Å². The van der Waals surface area contributed by atoms with Crippen molar-refractivity contribution in [3.63, 3.8) is 0 Å². The van der Waals surface area contributed by atoms with Crippen LogP contribution in [0.4, 0.5) is 4.79 Å². The summed E-state index contributed by atoms with van der Waals surface area (Å²) < 4.78 is 5.40. The molecule has 2 aliphatic rings. The van der Waals surface area contributed by atoms with E-state index in [0.29, 0.717) is 0 Å². The lowest BCUT2D eigenvalue weighted by Crippen LogP contribution is -2.57. The summed E-state index contributed by atoms with van der Waals surface area (Å²) in [5, 5.41) is 6.75. The molecule has 23 heavy (non-hydrogen) atoms. The minimum absolute atomic E-state index is 0.0390. The van der Waals surface area contributed by atoms with E-state index in [-0.39, 0.29) is 17.2 Å². The molecule has 128 valence electrons. The summed E-state index contributed by atoms with van der Waals surface area (Å²) >= 11 is 0. The van der Waals surface area contributed by atoms with Gasteiger partial charge in [0, 0.05) is 24.2 Å². The van der Waals surface area contributed by atoms with Crippen molar-refractivity contribution >= 4 is 6.09 Å². The average molecular weight is 320 g/mol. The molecule has 1 aliphatic carbocycles. The summed E-state index contributed by atoms with van der Waals surface area (Å²) in [5.74, 6) is 0. The largest absolute Gasteiger partial charge is 0.444 e. The summed E-state index contributed by atoms with van der Waals surface area (Å²) in [4.78, 5) is 19.9. The highest BCUT2D eigenvalue weighted by Crippen LogP contribution is 2.43. The molecule has 0 aromatic carbocycles. The number of ether oxygens (including phenoxy) is 1. The van der Waals surface area contributed by atoms with Crippen LogP contribution in [0.2, 0.25) is 0 Å². The number of imidazole rings is 1. The summed E-state index contributed by atoms with van der Waals surface area (Å²) in [6.45, 7) is 8.74. The lowest BCUT2D eigenvalue weighted by molar-refractivity contribution is 0.0399. The smallest absolute Gasteiger partial charge is 0.408 e. The molecule has 6 heteroatoms. The van der Waals surface area contributed by atoms with Crippen molar-refractivity contribution in [2.75, 3.05) is 6.54 Å². The molecule has 1 amide bonds. The molecular weight excluding hydrogens is 292 g/mol. The van der Waals surface area contributed by atoms with Crippen molar-refractivity contribution in [1.29, 1.82) is 0 Å². The molecule has 3 N–H and O–H groups in total. The first-order chi connectivity index (χ1) is 10.7. The second kappa shape index (κ2) is 5.51. The minimum Gasteiger partial charge on any atom is -0.444 e. The van der Waals surface area contributed by atoms with Gasteiger partial charge in [-0.1, -0.05) is 0 Å². The number of carbonyl (C=O) groups excluding carboxylic acids is 1. The van der Waals surface area contributed by atoms with Crippen LogP contribution in [0, 0.1) is 0 Å². The number of aromatic amines is 1. The molecule has 1 aromatic rings. The first-order valence-electron chi connectivity index (χ1n) is 8.50. The van der Waals surface area contributed by atoms with Crippen LogP contribution in [0.25, 0.3) is 0 Å². The Balaban J connectivity index is 1.66. The van der Waals surface area contributed by atoms with Gasteiger partial charge in [-0.2, -0.15) is 0 Å². The van der Waals surface area contributed by atoms with E-state index in [1.807, 2.05) is 20.8 Å². The lowest BCUT2D eigenvalue weighted by Gasteiger charge is -2.46. The van der Waals surface area contributed by atoms with Crippen LogP contribution in [0.1, 0.15) is 64.8 Å². The molecular formula is C17H28N4O2. The summed E-state index contributed by atoms with van der Waals surface area (Å²) in [6.07, 6.45) is 6.23. The van der Waals surface area contributed by atoms with E-state index in [1.165, 1.54) is 11.4 Å².